The van der Waals surface area contributed by atoms with Crippen LogP contribution >= 0.6 is 0 Å². The van der Waals surface area contributed by atoms with Crippen molar-refractivity contribution in [1.82, 2.24) is 19.8 Å². The zero-order valence-electron chi connectivity index (χ0n) is 29.1. The molecule has 0 spiro atoms. The molecule has 0 saturated heterocycles. The highest BCUT2D eigenvalue weighted by Gasteiger charge is 2.20. The molecule has 2 aliphatic rings. The second kappa shape index (κ2) is 15.8. The van der Waals surface area contributed by atoms with E-state index in [4.69, 9.17) is 14.2 Å². The van der Waals surface area contributed by atoms with E-state index in [2.05, 4.69) is 81.3 Å². The summed E-state index contributed by atoms with van der Waals surface area (Å²) in [5, 5.41) is 9.63. The first kappa shape index (κ1) is 33.7. The van der Waals surface area contributed by atoms with E-state index >= 15 is 0 Å². The molecule has 0 radical (unpaired) electrons. The number of halogens is 1. The Morgan fingerprint density at radius 2 is 1.16 bits per heavy atom. The zero-order valence-corrected chi connectivity index (χ0v) is 29.1. The molecule has 7 nitrogen and oxygen atoms in total. The van der Waals surface area contributed by atoms with Gasteiger partial charge >= 0.3 is 0 Å². The number of hydrogen-bond donors (Lipinski definition) is 2. The number of aryl methyl sites for hydroxylation is 1. The highest BCUT2D eigenvalue weighted by molar-refractivity contribution is 5.86. The summed E-state index contributed by atoms with van der Waals surface area (Å²) >= 11 is 0. The van der Waals surface area contributed by atoms with Crippen LogP contribution in [0.3, 0.4) is 0 Å². The number of ether oxygens (including phenoxy) is 3. The van der Waals surface area contributed by atoms with E-state index in [1.165, 1.54) is 56.0 Å². The molecule has 50 heavy (non-hydrogen) atoms. The van der Waals surface area contributed by atoms with Gasteiger partial charge in [0.15, 0.2) is 23.1 Å². The Kier molecular flexibility index (Phi) is 10.7. The predicted molar refractivity (Wildman–Crippen MR) is 200 cm³/mol. The van der Waals surface area contributed by atoms with Crippen LogP contribution < -0.4 is 24.8 Å². The van der Waals surface area contributed by atoms with Crippen molar-refractivity contribution in [3.8, 4) is 17.2 Å². The summed E-state index contributed by atoms with van der Waals surface area (Å²) in [6, 6.07) is 29.9. The minimum atomic E-state index is -0.303. The van der Waals surface area contributed by atoms with Crippen molar-refractivity contribution >= 4 is 21.8 Å². The molecule has 0 amide bonds. The second-order valence-corrected chi connectivity index (χ2v) is 13.0. The molecular weight excluding hydrogens is 627 g/mol. The summed E-state index contributed by atoms with van der Waals surface area (Å²) in [6.45, 7) is 9.27. The van der Waals surface area contributed by atoms with Gasteiger partial charge in [-0.3, -0.25) is 0 Å². The molecule has 2 N–H and O–H groups in total. The van der Waals surface area contributed by atoms with Gasteiger partial charge in [-0.1, -0.05) is 54.6 Å². The van der Waals surface area contributed by atoms with E-state index in [0.29, 0.717) is 19.0 Å². The first-order valence-corrected chi connectivity index (χ1v) is 17.9. The highest BCUT2D eigenvalue weighted by atomic mass is 19.1. The third-order valence-corrected chi connectivity index (χ3v) is 9.86. The maximum atomic E-state index is 13.7. The van der Waals surface area contributed by atoms with Gasteiger partial charge in [-0.25, -0.2) is 4.39 Å². The molecule has 0 saturated carbocycles. The van der Waals surface area contributed by atoms with Gasteiger partial charge in [-0.2, -0.15) is 0 Å². The Morgan fingerprint density at radius 3 is 1.74 bits per heavy atom. The van der Waals surface area contributed by atoms with E-state index in [1.54, 1.807) is 25.3 Å². The van der Waals surface area contributed by atoms with Gasteiger partial charge in [0.25, 0.3) is 0 Å². The number of nitrogens with zero attached hydrogens (tertiary/aromatic N) is 2. The normalized spacial score (nSPS) is 14.2. The second-order valence-electron chi connectivity index (χ2n) is 13.0. The molecule has 0 fully saturated rings. The summed E-state index contributed by atoms with van der Waals surface area (Å²) in [5.74, 6) is 1.64. The van der Waals surface area contributed by atoms with Crippen LogP contribution in [0.2, 0.25) is 0 Å². The van der Waals surface area contributed by atoms with Crippen LogP contribution in [0.25, 0.3) is 21.8 Å². The summed E-state index contributed by atoms with van der Waals surface area (Å²) in [5.41, 5.74) is 9.41. The highest BCUT2D eigenvalue weighted by Crippen LogP contribution is 2.31. The lowest BCUT2D eigenvalue weighted by molar-refractivity contribution is 0.297. The van der Waals surface area contributed by atoms with Crippen LogP contribution in [0.15, 0.2) is 91.0 Å². The lowest BCUT2D eigenvalue weighted by Gasteiger charge is -2.12. The summed E-state index contributed by atoms with van der Waals surface area (Å²) < 4.78 is 35.8. The number of aromatic nitrogens is 2. The standard InChI is InChI=1S/C22H26N2O2.C20H21FN2O/c1-16-7-8-21(22(15-16)25-2)26-14-10-18-17-5-3-4-6-19(17)24-13-12-23-11-9-20(18)24;21-17-6-2-4-8-20(17)24-14-10-16-15-5-1-3-7-18(15)23-13-12-22-11-9-19(16)23/h3-8,15,23H,9-14H2,1-2H3;1-8,22H,9-14H2. The fourth-order valence-electron chi connectivity index (χ4n) is 7.52. The molecule has 0 aliphatic carbocycles. The lowest BCUT2D eigenvalue weighted by Crippen LogP contribution is -2.17. The van der Waals surface area contributed by atoms with Crippen LogP contribution in [0, 0.1) is 12.7 Å². The van der Waals surface area contributed by atoms with Crippen molar-refractivity contribution in [3.05, 3.63) is 125 Å². The number of hydrogen-bond acceptors (Lipinski definition) is 5. The zero-order chi connectivity index (χ0) is 34.3. The first-order chi connectivity index (χ1) is 24.6. The van der Waals surface area contributed by atoms with Crippen molar-refractivity contribution in [2.45, 2.75) is 45.7 Å². The minimum absolute atomic E-state index is 0.303. The molecule has 2 aromatic heterocycles. The SMILES string of the molecule is COc1cc(C)ccc1OCCc1c2n(c3ccccc13)CCNCC2.Fc1ccccc1OCCc1c2n(c3ccccc13)CCNCC2. The van der Waals surface area contributed by atoms with Crippen molar-refractivity contribution in [2.75, 3.05) is 46.5 Å². The van der Waals surface area contributed by atoms with Crippen molar-refractivity contribution in [2.24, 2.45) is 0 Å². The molecule has 8 rings (SSSR count). The van der Waals surface area contributed by atoms with Crippen LogP contribution in [0.1, 0.15) is 28.1 Å². The molecule has 0 bridgehead atoms. The molecule has 260 valence electrons. The molecule has 8 heteroatoms. The van der Waals surface area contributed by atoms with Gasteiger partial charge in [0.1, 0.15) is 0 Å². The summed E-state index contributed by atoms with van der Waals surface area (Å²) in [7, 11) is 1.69. The predicted octanol–water partition coefficient (Wildman–Crippen LogP) is 7.27. The smallest absolute Gasteiger partial charge is 0.165 e. The molecule has 0 unspecified atom stereocenters. The maximum absolute atomic E-state index is 13.7. The number of benzene rings is 4. The van der Waals surface area contributed by atoms with Crippen LogP contribution in [-0.4, -0.2) is 55.6 Å². The molecule has 4 aromatic carbocycles. The Labute approximate surface area is 294 Å². The summed E-state index contributed by atoms with van der Waals surface area (Å²) in [6.07, 6.45) is 3.78. The van der Waals surface area contributed by atoms with E-state index in [9.17, 15) is 4.39 Å². The van der Waals surface area contributed by atoms with Gasteiger partial charge in [0, 0.05) is 98.1 Å². The molecule has 0 atom stereocenters. The Bertz CT molecular complexity index is 2070. The number of nitrogens with one attached hydrogen (secondary N) is 2. The topological polar surface area (TPSA) is 61.6 Å². The van der Waals surface area contributed by atoms with E-state index in [0.717, 1.165) is 76.5 Å². The van der Waals surface area contributed by atoms with Gasteiger partial charge in [-0.05, 0) is 60.0 Å². The average molecular weight is 675 g/mol. The number of fused-ring (bicyclic) bond motifs is 6. The number of methoxy groups -OCH3 is 1. The van der Waals surface area contributed by atoms with Crippen LogP contribution in [0.5, 0.6) is 17.2 Å². The quantitative estimate of drug-likeness (QED) is 0.169. The van der Waals surface area contributed by atoms with Gasteiger partial charge < -0.3 is 34.0 Å². The largest absolute Gasteiger partial charge is 0.493 e. The maximum Gasteiger partial charge on any atom is 0.165 e. The molecule has 6 aromatic rings. The van der Waals surface area contributed by atoms with E-state index < -0.39 is 0 Å². The summed E-state index contributed by atoms with van der Waals surface area (Å²) in [4.78, 5) is 0. The Balaban J connectivity index is 0.000000157. The van der Waals surface area contributed by atoms with Gasteiger partial charge in [0.05, 0.1) is 20.3 Å². The Morgan fingerprint density at radius 1 is 0.620 bits per heavy atom. The Hall–Kier alpha value is -4.79. The van der Waals surface area contributed by atoms with Gasteiger partial charge in [0.2, 0.25) is 0 Å². The molecular formula is C42H47FN4O3. The minimum Gasteiger partial charge on any atom is -0.493 e. The van der Waals surface area contributed by atoms with Crippen LogP contribution in [-0.2, 0) is 38.8 Å². The third kappa shape index (κ3) is 7.23. The van der Waals surface area contributed by atoms with Crippen LogP contribution in [0.4, 0.5) is 4.39 Å². The van der Waals surface area contributed by atoms with E-state index in [-0.39, 0.29) is 5.82 Å². The fourth-order valence-corrected chi connectivity index (χ4v) is 7.52. The fraction of sp³-hybridized carbons (Fsp3) is 0.333. The molecule has 4 heterocycles. The van der Waals surface area contributed by atoms with E-state index in [1.807, 2.05) is 12.1 Å². The van der Waals surface area contributed by atoms with Crippen molar-refractivity contribution in [3.63, 3.8) is 0 Å². The third-order valence-electron chi connectivity index (χ3n) is 9.86. The lowest BCUT2D eigenvalue weighted by atomic mass is 10.1. The van der Waals surface area contributed by atoms with Crippen molar-refractivity contribution in [1.29, 1.82) is 0 Å². The number of rotatable bonds is 9. The number of para-hydroxylation sites is 3. The van der Waals surface area contributed by atoms with Crippen molar-refractivity contribution < 1.29 is 18.6 Å². The first-order valence-electron chi connectivity index (χ1n) is 17.9. The monoisotopic (exact) mass is 674 g/mol. The van der Waals surface area contributed by atoms with Gasteiger partial charge in [-0.15, -0.1) is 0 Å². The molecule has 2 aliphatic heterocycles. The average Bonchev–Trinajstić information content (AvgIpc) is 3.34.